The van der Waals surface area contributed by atoms with Gasteiger partial charge in [-0.15, -0.1) is 0 Å². The average Bonchev–Trinajstić information content (AvgIpc) is 2.89. The molecule has 0 spiro atoms. The van der Waals surface area contributed by atoms with E-state index in [-0.39, 0.29) is 23.6 Å². The minimum atomic E-state index is -0.620. The van der Waals surface area contributed by atoms with Crippen molar-refractivity contribution in [2.75, 3.05) is 31.5 Å². The summed E-state index contributed by atoms with van der Waals surface area (Å²) in [6, 6.07) is 25.4. The van der Waals surface area contributed by atoms with Gasteiger partial charge < -0.3 is 19.6 Å². The van der Waals surface area contributed by atoms with Crippen molar-refractivity contribution in [1.29, 1.82) is 0 Å². The third-order valence-electron chi connectivity index (χ3n) is 7.45. The minimum Gasteiger partial charge on any atom is -0.507 e. The molecule has 3 heterocycles. The van der Waals surface area contributed by atoms with Crippen molar-refractivity contribution in [2.24, 2.45) is 5.92 Å². The molecule has 3 aromatic rings. The predicted molar refractivity (Wildman–Crippen MR) is 134 cm³/mol. The number of benzene rings is 3. The fourth-order valence-corrected chi connectivity index (χ4v) is 5.52. The van der Waals surface area contributed by atoms with E-state index in [1.165, 1.54) is 0 Å². The SMILES string of the molecule is O=C(C[N+]12CCC(CC1)[C@@H](OC(=O)C(Nc1ccccc1)c1ccccc1)C2)c1ccccc1O. The zero-order valence-corrected chi connectivity index (χ0v) is 19.7. The molecule has 3 aliphatic heterocycles. The molecule has 0 aliphatic carbocycles. The minimum absolute atomic E-state index is 0.0169. The number of nitrogens with zero attached hydrogens (tertiary/aromatic N) is 1. The maximum absolute atomic E-state index is 13.5. The maximum atomic E-state index is 13.5. The Kier molecular flexibility index (Phi) is 6.55. The molecule has 6 nitrogen and oxygen atoms in total. The van der Waals surface area contributed by atoms with E-state index in [4.69, 9.17) is 4.74 Å². The zero-order chi connectivity index (χ0) is 24.3. The second-order valence-electron chi connectivity index (χ2n) is 9.74. The number of anilines is 1. The second kappa shape index (κ2) is 9.92. The number of esters is 1. The molecular formula is C29H31N2O4+. The lowest BCUT2D eigenvalue weighted by Crippen LogP contribution is -2.65. The lowest BCUT2D eigenvalue weighted by atomic mass is 9.82. The molecule has 3 fully saturated rings. The molecule has 3 saturated heterocycles. The lowest BCUT2D eigenvalue weighted by molar-refractivity contribution is -0.938. The van der Waals surface area contributed by atoms with Crippen LogP contribution in [-0.2, 0) is 9.53 Å². The number of phenols is 1. The van der Waals surface area contributed by atoms with Gasteiger partial charge in [0.15, 0.2) is 12.1 Å². The van der Waals surface area contributed by atoms with Gasteiger partial charge in [0.1, 0.15) is 18.8 Å². The fourth-order valence-electron chi connectivity index (χ4n) is 5.52. The summed E-state index contributed by atoms with van der Waals surface area (Å²) in [6.45, 7) is 2.72. The molecule has 6 rings (SSSR count). The summed E-state index contributed by atoms with van der Waals surface area (Å²) in [7, 11) is 0. The zero-order valence-electron chi connectivity index (χ0n) is 19.7. The number of phenolic OH excluding ortho intramolecular Hbond substituents is 1. The van der Waals surface area contributed by atoms with E-state index in [0.717, 1.165) is 37.2 Å². The van der Waals surface area contributed by atoms with Crippen LogP contribution in [-0.4, -0.2) is 53.6 Å². The van der Waals surface area contributed by atoms with E-state index in [0.29, 0.717) is 29.1 Å². The molecule has 2 atom stereocenters. The molecule has 0 aromatic heterocycles. The molecule has 0 amide bonds. The Morgan fingerprint density at radius 3 is 2.23 bits per heavy atom. The Morgan fingerprint density at radius 1 is 0.914 bits per heavy atom. The molecule has 0 saturated carbocycles. The number of fused-ring (bicyclic) bond motifs is 3. The largest absolute Gasteiger partial charge is 0.507 e. The van der Waals surface area contributed by atoms with Crippen LogP contribution in [0.3, 0.4) is 0 Å². The number of rotatable bonds is 8. The van der Waals surface area contributed by atoms with Gasteiger partial charge in [-0.3, -0.25) is 4.79 Å². The van der Waals surface area contributed by atoms with Gasteiger partial charge in [0, 0.05) is 24.4 Å². The van der Waals surface area contributed by atoms with Crippen molar-refractivity contribution in [3.05, 3.63) is 96.1 Å². The Balaban J connectivity index is 1.32. The predicted octanol–water partition coefficient (Wildman–Crippen LogP) is 4.58. The molecule has 6 heteroatoms. The Morgan fingerprint density at radius 2 is 1.54 bits per heavy atom. The second-order valence-corrected chi connectivity index (χ2v) is 9.74. The van der Waals surface area contributed by atoms with Crippen LogP contribution in [0.5, 0.6) is 5.75 Å². The summed E-state index contributed by atoms with van der Waals surface area (Å²) < 4.78 is 6.77. The number of piperidine rings is 3. The molecule has 3 aromatic carbocycles. The molecule has 3 aliphatic rings. The van der Waals surface area contributed by atoms with Gasteiger partial charge in [-0.25, -0.2) is 4.79 Å². The number of nitrogens with one attached hydrogen (secondary N) is 1. The molecule has 0 radical (unpaired) electrons. The van der Waals surface area contributed by atoms with Crippen molar-refractivity contribution in [2.45, 2.75) is 25.0 Å². The highest BCUT2D eigenvalue weighted by atomic mass is 16.5. The topological polar surface area (TPSA) is 75.6 Å². The van der Waals surface area contributed by atoms with Crippen molar-refractivity contribution in [3.8, 4) is 5.75 Å². The number of ether oxygens (including phenoxy) is 1. The number of carbonyl (C=O) groups excluding carboxylic acids is 2. The van der Waals surface area contributed by atoms with Crippen molar-refractivity contribution >= 4 is 17.4 Å². The van der Waals surface area contributed by atoms with Crippen LogP contribution in [0.2, 0.25) is 0 Å². The molecule has 2 N–H and O–H groups in total. The van der Waals surface area contributed by atoms with E-state index < -0.39 is 6.04 Å². The Bertz CT molecular complexity index is 1170. The first-order chi connectivity index (χ1) is 17.0. The third-order valence-corrected chi connectivity index (χ3v) is 7.45. The number of para-hydroxylation sites is 2. The third kappa shape index (κ3) is 5.08. The summed E-state index contributed by atoms with van der Waals surface area (Å²) in [4.78, 5) is 26.5. The molecule has 1 unspecified atom stereocenters. The first-order valence-corrected chi connectivity index (χ1v) is 12.3. The highest BCUT2D eigenvalue weighted by Crippen LogP contribution is 2.37. The van der Waals surface area contributed by atoms with Crippen LogP contribution in [0.1, 0.15) is 34.8 Å². The van der Waals surface area contributed by atoms with E-state index >= 15 is 0 Å². The molecule has 180 valence electrons. The van der Waals surface area contributed by atoms with Gasteiger partial charge in [0.25, 0.3) is 0 Å². The summed E-state index contributed by atoms with van der Waals surface area (Å²) in [6.07, 6.45) is 1.62. The Labute approximate surface area is 205 Å². The maximum Gasteiger partial charge on any atom is 0.333 e. The van der Waals surface area contributed by atoms with Crippen molar-refractivity contribution < 1.29 is 23.9 Å². The smallest absolute Gasteiger partial charge is 0.333 e. The molecule has 2 bridgehead atoms. The molecular weight excluding hydrogens is 440 g/mol. The van der Waals surface area contributed by atoms with Gasteiger partial charge >= 0.3 is 5.97 Å². The monoisotopic (exact) mass is 471 g/mol. The van der Waals surface area contributed by atoms with Gasteiger partial charge in [0.2, 0.25) is 5.78 Å². The number of ketones is 1. The van der Waals surface area contributed by atoms with Gasteiger partial charge in [-0.05, 0) is 29.8 Å². The summed E-state index contributed by atoms with van der Waals surface area (Å²) in [5.74, 6) is -0.0407. The number of aromatic hydroxyl groups is 1. The van der Waals surface area contributed by atoms with Gasteiger partial charge in [-0.1, -0.05) is 60.7 Å². The number of Topliss-reactive ketones (excluding diaryl/α,β-unsaturated/α-hetero) is 1. The number of hydrogen-bond donors (Lipinski definition) is 2. The van der Waals surface area contributed by atoms with Crippen LogP contribution >= 0.6 is 0 Å². The number of quaternary nitrogens is 1. The fraction of sp³-hybridized carbons (Fsp3) is 0.310. The summed E-state index contributed by atoms with van der Waals surface area (Å²) in [5.41, 5.74) is 2.06. The average molecular weight is 472 g/mol. The number of hydrogen-bond acceptors (Lipinski definition) is 5. The quantitative estimate of drug-likeness (QED) is 0.286. The first-order valence-electron chi connectivity index (χ1n) is 12.3. The summed E-state index contributed by atoms with van der Waals surface area (Å²) in [5, 5.41) is 13.5. The first kappa shape index (κ1) is 23.1. The Hall–Kier alpha value is -3.64. The van der Waals surface area contributed by atoms with Gasteiger partial charge in [-0.2, -0.15) is 0 Å². The molecule has 35 heavy (non-hydrogen) atoms. The highest BCUT2D eigenvalue weighted by Gasteiger charge is 2.49. The standard InChI is InChI=1S/C29H30N2O4/c32-25-14-8-7-13-24(25)26(33)19-31-17-15-21(16-18-31)27(20-31)35-29(34)28(22-9-3-1-4-10-22)30-23-11-5-2-6-12-23/h1-14,21,27-28,30H,15-20H2/p+1/t21?,27-,28?,31?/m0/s1. The summed E-state index contributed by atoms with van der Waals surface area (Å²) >= 11 is 0. The highest BCUT2D eigenvalue weighted by molar-refractivity contribution is 5.99. The van der Waals surface area contributed by atoms with Crippen molar-refractivity contribution in [3.63, 3.8) is 0 Å². The lowest BCUT2D eigenvalue weighted by Gasteiger charge is -2.51. The van der Waals surface area contributed by atoms with Crippen LogP contribution < -0.4 is 5.32 Å². The van der Waals surface area contributed by atoms with Crippen LogP contribution in [0.25, 0.3) is 0 Å². The van der Waals surface area contributed by atoms with E-state index in [2.05, 4.69) is 5.32 Å². The van der Waals surface area contributed by atoms with E-state index in [9.17, 15) is 14.7 Å². The van der Waals surface area contributed by atoms with E-state index in [1.54, 1.807) is 24.3 Å². The van der Waals surface area contributed by atoms with E-state index in [1.807, 2.05) is 60.7 Å². The van der Waals surface area contributed by atoms with Crippen molar-refractivity contribution in [1.82, 2.24) is 0 Å². The normalized spacial score (nSPS) is 23.9. The van der Waals surface area contributed by atoms with Crippen LogP contribution in [0.4, 0.5) is 5.69 Å². The van der Waals surface area contributed by atoms with Crippen LogP contribution in [0.15, 0.2) is 84.9 Å². The number of carbonyl (C=O) groups is 2. The van der Waals surface area contributed by atoms with Crippen LogP contribution in [0, 0.1) is 5.92 Å². The van der Waals surface area contributed by atoms with Gasteiger partial charge in [0.05, 0.1) is 18.7 Å².